The molecule has 1 aliphatic heterocycles. The van der Waals surface area contributed by atoms with Crippen molar-refractivity contribution in [1.29, 1.82) is 0 Å². The molecule has 8 heteroatoms. The summed E-state index contributed by atoms with van der Waals surface area (Å²) < 4.78 is 1.74. The Morgan fingerprint density at radius 2 is 1.71 bits per heavy atom. The zero-order chi connectivity index (χ0) is 21.5. The summed E-state index contributed by atoms with van der Waals surface area (Å²) in [5.74, 6) is 0.970. The first-order valence-electron chi connectivity index (χ1n) is 10.7. The normalized spacial score (nSPS) is 15.3. The predicted octanol–water partition coefficient (Wildman–Crippen LogP) is 2.99. The first kappa shape index (κ1) is 20.1. The van der Waals surface area contributed by atoms with Gasteiger partial charge in [-0.05, 0) is 27.2 Å². The van der Waals surface area contributed by atoms with Gasteiger partial charge in [0.1, 0.15) is 0 Å². The number of benzene rings is 1. The summed E-state index contributed by atoms with van der Waals surface area (Å²) in [4.78, 5) is 23.2. The molecule has 7 nitrogen and oxygen atoms in total. The molecule has 0 spiro atoms. The Labute approximate surface area is 185 Å². The second kappa shape index (κ2) is 8.01. The number of anilines is 1. The number of rotatable bonds is 4. The molecule has 0 aliphatic carbocycles. The van der Waals surface area contributed by atoms with Crippen molar-refractivity contribution in [1.82, 2.24) is 24.5 Å². The Bertz CT molecular complexity index is 1320. The molecule has 4 aromatic rings. The standard InChI is InChI=1S/C23H26N6OS/c1-15-14-31-23-24-16(2)19(22(30)29(15)23)8-9-27-10-12-28(13-11-27)21-20-7-5-4-6-18(20)17(3)25-26-21/h4-7,14H,8-13H2,1-3H3. The molecule has 0 amide bonds. The van der Waals surface area contributed by atoms with Gasteiger partial charge in [0.05, 0.1) is 5.69 Å². The van der Waals surface area contributed by atoms with Gasteiger partial charge >= 0.3 is 0 Å². The molecule has 1 saturated heterocycles. The molecule has 160 valence electrons. The molecular formula is C23H26N6OS. The van der Waals surface area contributed by atoms with Gasteiger partial charge in [-0.25, -0.2) is 4.98 Å². The third-order valence-corrected chi connectivity index (χ3v) is 7.19. The lowest BCUT2D eigenvalue weighted by Gasteiger charge is -2.35. The fourth-order valence-corrected chi connectivity index (χ4v) is 5.32. The van der Waals surface area contributed by atoms with Gasteiger partial charge in [0.2, 0.25) is 0 Å². The van der Waals surface area contributed by atoms with E-state index in [4.69, 9.17) is 0 Å². The molecule has 0 saturated carbocycles. The second-order valence-corrected chi connectivity index (χ2v) is 9.05. The summed E-state index contributed by atoms with van der Waals surface area (Å²) in [7, 11) is 0. The van der Waals surface area contributed by atoms with Crippen molar-refractivity contribution in [2.45, 2.75) is 27.2 Å². The highest BCUT2D eigenvalue weighted by atomic mass is 32.1. The van der Waals surface area contributed by atoms with Crippen molar-refractivity contribution in [3.8, 4) is 0 Å². The van der Waals surface area contributed by atoms with Crippen LogP contribution in [0.3, 0.4) is 0 Å². The van der Waals surface area contributed by atoms with E-state index in [-0.39, 0.29) is 5.56 Å². The third-order valence-electron chi connectivity index (χ3n) is 6.24. The van der Waals surface area contributed by atoms with Crippen LogP contribution in [0.4, 0.5) is 5.82 Å². The lowest BCUT2D eigenvalue weighted by Crippen LogP contribution is -2.47. The van der Waals surface area contributed by atoms with Crippen LogP contribution in [0.1, 0.15) is 22.6 Å². The molecule has 0 N–H and O–H groups in total. The van der Waals surface area contributed by atoms with E-state index in [1.807, 2.05) is 32.2 Å². The van der Waals surface area contributed by atoms with E-state index in [1.54, 1.807) is 4.40 Å². The molecular weight excluding hydrogens is 408 g/mol. The summed E-state index contributed by atoms with van der Waals surface area (Å²) in [6, 6.07) is 8.35. The molecule has 1 aliphatic rings. The van der Waals surface area contributed by atoms with Crippen molar-refractivity contribution >= 4 is 32.9 Å². The Balaban J connectivity index is 1.28. The fourth-order valence-electron chi connectivity index (χ4n) is 4.42. The van der Waals surface area contributed by atoms with Crippen molar-refractivity contribution < 1.29 is 0 Å². The first-order valence-corrected chi connectivity index (χ1v) is 11.6. The highest BCUT2D eigenvalue weighted by Gasteiger charge is 2.21. The van der Waals surface area contributed by atoms with Crippen LogP contribution < -0.4 is 10.5 Å². The van der Waals surface area contributed by atoms with Crippen molar-refractivity contribution in [2.24, 2.45) is 0 Å². The van der Waals surface area contributed by atoms with Gasteiger partial charge in [0.15, 0.2) is 10.8 Å². The average Bonchev–Trinajstić information content (AvgIpc) is 3.15. The molecule has 3 aromatic heterocycles. The van der Waals surface area contributed by atoms with Crippen molar-refractivity contribution in [2.75, 3.05) is 37.6 Å². The summed E-state index contributed by atoms with van der Waals surface area (Å²) in [6.07, 6.45) is 0.725. The average molecular weight is 435 g/mol. The smallest absolute Gasteiger partial charge is 0.262 e. The molecule has 0 unspecified atom stereocenters. The number of piperazine rings is 1. The van der Waals surface area contributed by atoms with Crippen LogP contribution >= 0.6 is 11.3 Å². The van der Waals surface area contributed by atoms with Gasteiger partial charge in [0, 0.05) is 65.8 Å². The first-order chi connectivity index (χ1) is 15.0. The number of hydrogen-bond donors (Lipinski definition) is 0. The maximum absolute atomic E-state index is 13.0. The van der Waals surface area contributed by atoms with E-state index in [0.717, 1.165) is 83.3 Å². The van der Waals surface area contributed by atoms with Gasteiger partial charge in [-0.15, -0.1) is 16.4 Å². The van der Waals surface area contributed by atoms with Gasteiger partial charge in [-0.1, -0.05) is 24.3 Å². The minimum atomic E-state index is 0.0845. The minimum Gasteiger partial charge on any atom is -0.352 e. The van der Waals surface area contributed by atoms with Crippen molar-refractivity contribution in [3.63, 3.8) is 0 Å². The van der Waals surface area contributed by atoms with Crippen molar-refractivity contribution in [3.05, 3.63) is 62.6 Å². The van der Waals surface area contributed by atoms with Crippen LogP contribution in [-0.4, -0.2) is 57.2 Å². The van der Waals surface area contributed by atoms with Crippen LogP contribution in [0, 0.1) is 20.8 Å². The summed E-state index contributed by atoms with van der Waals surface area (Å²) >= 11 is 1.52. The van der Waals surface area contributed by atoms with E-state index in [1.165, 1.54) is 11.3 Å². The van der Waals surface area contributed by atoms with Gasteiger partial charge in [0.25, 0.3) is 5.56 Å². The molecule has 1 fully saturated rings. The Hall–Kier alpha value is -2.84. The molecule has 0 atom stereocenters. The highest BCUT2D eigenvalue weighted by Crippen LogP contribution is 2.26. The van der Waals surface area contributed by atoms with E-state index in [2.05, 4.69) is 43.2 Å². The van der Waals surface area contributed by atoms with Crippen LogP contribution in [0.2, 0.25) is 0 Å². The number of aromatic nitrogens is 4. The number of fused-ring (bicyclic) bond motifs is 2. The second-order valence-electron chi connectivity index (χ2n) is 8.21. The maximum atomic E-state index is 13.0. The zero-order valence-corrected chi connectivity index (χ0v) is 18.9. The lowest BCUT2D eigenvalue weighted by atomic mass is 10.1. The van der Waals surface area contributed by atoms with Crippen LogP contribution in [0.5, 0.6) is 0 Å². The van der Waals surface area contributed by atoms with Gasteiger partial charge in [-0.3, -0.25) is 14.1 Å². The van der Waals surface area contributed by atoms with Crippen LogP contribution in [0.25, 0.3) is 15.7 Å². The van der Waals surface area contributed by atoms with Gasteiger partial charge < -0.3 is 4.90 Å². The molecule has 31 heavy (non-hydrogen) atoms. The molecule has 1 aromatic carbocycles. The van der Waals surface area contributed by atoms with Gasteiger partial charge in [-0.2, -0.15) is 5.10 Å². The monoisotopic (exact) mass is 434 g/mol. The number of nitrogens with zero attached hydrogens (tertiary/aromatic N) is 6. The molecule has 4 heterocycles. The zero-order valence-electron chi connectivity index (χ0n) is 18.1. The van der Waals surface area contributed by atoms with Crippen LogP contribution in [0.15, 0.2) is 34.4 Å². The highest BCUT2D eigenvalue weighted by molar-refractivity contribution is 7.15. The Kier molecular flexibility index (Phi) is 5.19. The summed E-state index contributed by atoms with van der Waals surface area (Å²) in [6.45, 7) is 10.5. The predicted molar refractivity (Wildman–Crippen MR) is 125 cm³/mol. The van der Waals surface area contributed by atoms with Crippen LogP contribution in [-0.2, 0) is 6.42 Å². The fraction of sp³-hybridized carbons (Fsp3) is 0.391. The Morgan fingerprint density at radius 1 is 0.968 bits per heavy atom. The maximum Gasteiger partial charge on any atom is 0.262 e. The number of thiazole rings is 1. The van der Waals surface area contributed by atoms with E-state index >= 15 is 0 Å². The minimum absolute atomic E-state index is 0.0845. The summed E-state index contributed by atoms with van der Waals surface area (Å²) in [5, 5.41) is 13.2. The number of hydrogen-bond acceptors (Lipinski definition) is 7. The SMILES string of the molecule is Cc1nc2scc(C)n2c(=O)c1CCN1CCN(c2nnc(C)c3ccccc23)CC1. The third kappa shape index (κ3) is 3.59. The lowest BCUT2D eigenvalue weighted by molar-refractivity contribution is 0.260. The van der Waals surface area contributed by atoms with E-state index in [0.29, 0.717) is 0 Å². The quantitative estimate of drug-likeness (QED) is 0.492. The molecule has 0 bridgehead atoms. The number of aryl methyl sites for hydroxylation is 3. The largest absolute Gasteiger partial charge is 0.352 e. The summed E-state index contributed by atoms with van der Waals surface area (Å²) in [5.41, 5.74) is 3.69. The molecule has 0 radical (unpaired) electrons. The topological polar surface area (TPSA) is 66.6 Å². The van der Waals surface area contributed by atoms with E-state index < -0.39 is 0 Å². The Morgan fingerprint density at radius 3 is 2.48 bits per heavy atom. The van der Waals surface area contributed by atoms with E-state index in [9.17, 15) is 4.79 Å². The molecule has 5 rings (SSSR count).